The van der Waals surface area contributed by atoms with Gasteiger partial charge in [-0.2, -0.15) is 5.10 Å². The predicted molar refractivity (Wildman–Crippen MR) is 68.1 cm³/mol. The zero-order valence-corrected chi connectivity index (χ0v) is 10.2. The lowest BCUT2D eigenvalue weighted by Gasteiger charge is -2.13. The number of carbonyl (C=O) groups is 2. The highest BCUT2D eigenvalue weighted by molar-refractivity contribution is 6.05. The summed E-state index contributed by atoms with van der Waals surface area (Å²) in [5, 5.41) is 15.4. The molecule has 0 saturated carbocycles. The molecule has 0 aliphatic carbocycles. The molecule has 2 N–H and O–H groups in total. The standard InChI is InChI=1S/C13H11N3O3/c1-16-11(17)5-7-3-2-4-8(12(7)16)9-6-10(13(18)19)15-14-9/h2-4,6H,5H2,1H3,(H,14,15)(H,18,19). The van der Waals surface area contributed by atoms with Crippen molar-refractivity contribution in [2.75, 3.05) is 11.9 Å². The molecule has 0 atom stereocenters. The number of amides is 1. The molecule has 0 saturated heterocycles. The van der Waals surface area contributed by atoms with Gasteiger partial charge in [0, 0.05) is 12.6 Å². The maximum absolute atomic E-state index is 11.7. The van der Waals surface area contributed by atoms with E-state index in [1.54, 1.807) is 11.9 Å². The van der Waals surface area contributed by atoms with E-state index in [0.29, 0.717) is 12.1 Å². The number of aromatic nitrogens is 2. The minimum atomic E-state index is -1.06. The maximum Gasteiger partial charge on any atom is 0.353 e. The summed E-state index contributed by atoms with van der Waals surface area (Å²) in [5.74, 6) is -1.03. The number of carbonyl (C=O) groups excluding carboxylic acids is 1. The third kappa shape index (κ3) is 1.69. The molecule has 0 fully saturated rings. The molecule has 2 aromatic rings. The number of likely N-dealkylation sites (N-methyl/N-ethyl adjacent to an activating group) is 1. The molecule has 3 rings (SSSR count). The van der Waals surface area contributed by atoms with Gasteiger partial charge in [-0.1, -0.05) is 18.2 Å². The highest BCUT2D eigenvalue weighted by Crippen LogP contribution is 2.37. The van der Waals surface area contributed by atoms with Crippen LogP contribution in [0.1, 0.15) is 16.1 Å². The Bertz CT molecular complexity index is 690. The number of fused-ring (bicyclic) bond motifs is 1. The average molecular weight is 257 g/mol. The molecule has 1 aliphatic heterocycles. The number of carboxylic acids is 1. The fraction of sp³-hybridized carbons (Fsp3) is 0.154. The summed E-state index contributed by atoms with van der Waals surface area (Å²) < 4.78 is 0. The zero-order chi connectivity index (χ0) is 13.6. The van der Waals surface area contributed by atoms with Crippen molar-refractivity contribution in [2.24, 2.45) is 0 Å². The number of nitrogens with zero attached hydrogens (tertiary/aromatic N) is 2. The molecule has 1 aliphatic rings. The monoisotopic (exact) mass is 257 g/mol. The van der Waals surface area contributed by atoms with E-state index in [1.165, 1.54) is 6.07 Å². The highest BCUT2D eigenvalue weighted by atomic mass is 16.4. The van der Waals surface area contributed by atoms with E-state index in [2.05, 4.69) is 10.2 Å². The van der Waals surface area contributed by atoms with E-state index in [1.807, 2.05) is 18.2 Å². The topological polar surface area (TPSA) is 86.3 Å². The molecule has 6 nitrogen and oxygen atoms in total. The first-order valence-electron chi connectivity index (χ1n) is 5.75. The van der Waals surface area contributed by atoms with Crippen molar-refractivity contribution >= 4 is 17.6 Å². The van der Waals surface area contributed by atoms with Gasteiger partial charge in [-0.15, -0.1) is 0 Å². The van der Waals surface area contributed by atoms with Gasteiger partial charge < -0.3 is 10.0 Å². The van der Waals surface area contributed by atoms with Gasteiger partial charge in [-0.05, 0) is 11.6 Å². The van der Waals surface area contributed by atoms with Crippen molar-refractivity contribution in [3.05, 3.63) is 35.5 Å². The molecular weight excluding hydrogens is 246 g/mol. The Labute approximate surface area is 108 Å². The lowest BCUT2D eigenvalue weighted by Crippen LogP contribution is -2.21. The number of rotatable bonds is 2. The van der Waals surface area contributed by atoms with Crippen LogP contribution in [0.5, 0.6) is 0 Å². The lowest BCUT2D eigenvalue weighted by molar-refractivity contribution is -0.117. The number of nitrogens with one attached hydrogen (secondary N) is 1. The predicted octanol–water partition coefficient (Wildman–Crippen LogP) is 1.29. The van der Waals surface area contributed by atoms with Gasteiger partial charge in [0.1, 0.15) is 5.69 Å². The van der Waals surface area contributed by atoms with Gasteiger partial charge in [0.15, 0.2) is 0 Å². The molecule has 2 heterocycles. The van der Waals surface area contributed by atoms with Crippen LogP contribution in [0, 0.1) is 0 Å². The molecule has 0 bridgehead atoms. The van der Waals surface area contributed by atoms with E-state index in [0.717, 1.165) is 16.8 Å². The Morgan fingerprint density at radius 1 is 1.47 bits per heavy atom. The van der Waals surface area contributed by atoms with Gasteiger partial charge in [-0.3, -0.25) is 9.89 Å². The van der Waals surface area contributed by atoms with E-state index in [9.17, 15) is 9.59 Å². The van der Waals surface area contributed by atoms with Crippen molar-refractivity contribution in [2.45, 2.75) is 6.42 Å². The summed E-state index contributed by atoms with van der Waals surface area (Å²) in [6, 6.07) is 7.03. The van der Waals surface area contributed by atoms with Crippen LogP contribution in [0.15, 0.2) is 24.3 Å². The number of para-hydroxylation sites is 1. The van der Waals surface area contributed by atoms with Gasteiger partial charge >= 0.3 is 5.97 Å². The van der Waals surface area contributed by atoms with Crippen LogP contribution in [-0.2, 0) is 11.2 Å². The Hall–Kier alpha value is -2.63. The number of hydrogen-bond acceptors (Lipinski definition) is 3. The fourth-order valence-electron chi connectivity index (χ4n) is 2.31. The normalized spacial score (nSPS) is 13.7. The van der Waals surface area contributed by atoms with Crippen LogP contribution < -0.4 is 4.90 Å². The number of H-pyrrole nitrogens is 1. The van der Waals surface area contributed by atoms with Crippen LogP contribution in [0.4, 0.5) is 5.69 Å². The molecule has 1 aromatic carbocycles. The maximum atomic E-state index is 11.7. The van der Waals surface area contributed by atoms with Crippen LogP contribution in [-0.4, -0.2) is 34.2 Å². The molecular formula is C13H11N3O3. The first-order chi connectivity index (χ1) is 9.08. The Balaban J connectivity index is 2.14. The minimum absolute atomic E-state index is 0.0245. The van der Waals surface area contributed by atoms with Crippen molar-refractivity contribution in [1.82, 2.24) is 10.2 Å². The summed E-state index contributed by atoms with van der Waals surface area (Å²) in [6.45, 7) is 0. The summed E-state index contributed by atoms with van der Waals surface area (Å²) in [5.41, 5.74) is 3.05. The largest absolute Gasteiger partial charge is 0.477 e. The van der Waals surface area contributed by atoms with Crippen molar-refractivity contribution in [3.8, 4) is 11.3 Å². The second kappa shape index (κ2) is 3.94. The molecule has 1 aromatic heterocycles. The number of carboxylic acid groups (broad SMARTS) is 1. The van der Waals surface area contributed by atoms with E-state index >= 15 is 0 Å². The molecule has 1 amide bonds. The Morgan fingerprint density at radius 2 is 2.26 bits per heavy atom. The molecule has 0 unspecified atom stereocenters. The summed E-state index contributed by atoms with van der Waals surface area (Å²) in [6.07, 6.45) is 0.371. The second-order valence-electron chi connectivity index (χ2n) is 4.41. The first-order valence-corrected chi connectivity index (χ1v) is 5.75. The van der Waals surface area contributed by atoms with E-state index in [4.69, 9.17) is 5.11 Å². The van der Waals surface area contributed by atoms with Crippen LogP contribution >= 0.6 is 0 Å². The second-order valence-corrected chi connectivity index (χ2v) is 4.41. The quantitative estimate of drug-likeness (QED) is 0.848. The molecule has 0 spiro atoms. The summed E-state index contributed by atoms with van der Waals surface area (Å²) >= 11 is 0. The van der Waals surface area contributed by atoms with E-state index < -0.39 is 5.97 Å². The average Bonchev–Trinajstić information content (AvgIpc) is 2.96. The van der Waals surface area contributed by atoms with Crippen LogP contribution in [0.2, 0.25) is 0 Å². The van der Waals surface area contributed by atoms with Crippen LogP contribution in [0.25, 0.3) is 11.3 Å². The van der Waals surface area contributed by atoms with Gasteiger partial charge in [-0.25, -0.2) is 4.79 Å². The number of aromatic amines is 1. The summed E-state index contributed by atoms with van der Waals surface area (Å²) in [4.78, 5) is 24.2. The minimum Gasteiger partial charge on any atom is -0.477 e. The highest BCUT2D eigenvalue weighted by Gasteiger charge is 2.27. The molecule has 96 valence electrons. The van der Waals surface area contributed by atoms with Gasteiger partial charge in [0.2, 0.25) is 5.91 Å². The number of benzene rings is 1. The van der Waals surface area contributed by atoms with Crippen molar-refractivity contribution in [1.29, 1.82) is 0 Å². The van der Waals surface area contributed by atoms with Crippen LogP contribution in [0.3, 0.4) is 0 Å². The smallest absolute Gasteiger partial charge is 0.353 e. The van der Waals surface area contributed by atoms with Crippen molar-refractivity contribution in [3.63, 3.8) is 0 Å². The molecule has 0 radical (unpaired) electrons. The first kappa shape index (κ1) is 11.5. The summed E-state index contributed by atoms with van der Waals surface area (Å²) in [7, 11) is 1.71. The van der Waals surface area contributed by atoms with Gasteiger partial charge in [0.25, 0.3) is 0 Å². The fourth-order valence-corrected chi connectivity index (χ4v) is 2.31. The SMILES string of the molecule is CN1C(=O)Cc2cccc(-c3cc(C(=O)O)[nH]n3)c21. The Kier molecular flexibility index (Phi) is 2.38. The number of anilines is 1. The number of hydrogen-bond donors (Lipinski definition) is 2. The number of aromatic carboxylic acids is 1. The molecule has 19 heavy (non-hydrogen) atoms. The zero-order valence-electron chi connectivity index (χ0n) is 10.2. The Morgan fingerprint density at radius 3 is 2.95 bits per heavy atom. The third-order valence-electron chi connectivity index (χ3n) is 3.25. The third-order valence-corrected chi connectivity index (χ3v) is 3.25. The van der Waals surface area contributed by atoms with Crippen molar-refractivity contribution < 1.29 is 14.7 Å². The lowest BCUT2D eigenvalue weighted by atomic mass is 10.0. The van der Waals surface area contributed by atoms with E-state index in [-0.39, 0.29) is 11.6 Å². The molecule has 6 heteroatoms. The van der Waals surface area contributed by atoms with Gasteiger partial charge in [0.05, 0.1) is 17.8 Å².